The van der Waals surface area contributed by atoms with Crippen LogP contribution < -0.4 is 15.5 Å². The monoisotopic (exact) mass is 467 g/mol. The van der Waals surface area contributed by atoms with Gasteiger partial charge in [0.1, 0.15) is 16.8 Å². The molecule has 4 rings (SSSR count). The number of anilines is 2. The van der Waals surface area contributed by atoms with Crippen LogP contribution in [0.3, 0.4) is 0 Å². The van der Waals surface area contributed by atoms with E-state index in [2.05, 4.69) is 37.1 Å². The summed E-state index contributed by atoms with van der Waals surface area (Å²) in [7, 11) is 0. The number of amides is 1. The van der Waals surface area contributed by atoms with E-state index in [9.17, 15) is 10.1 Å². The Morgan fingerprint density at radius 1 is 1.41 bits per heavy atom. The number of ether oxygens (including phenoxy) is 1. The number of thioether (sulfide) groups is 1. The molecular formula is C21H21N7O2S2. The first-order valence-corrected chi connectivity index (χ1v) is 11.9. The quantitative estimate of drug-likeness (QED) is 0.248. The van der Waals surface area contributed by atoms with Crippen LogP contribution in [0.1, 0.15) is 34.9 Å². The molecule has 164 valence electrons. The predicted octanol–water partition coefficient (Wildman–Crippen LogP) is 3.80. The van der Waals surface area contributed by atoms with Gasteiger partial charge in [0.05, 0.1) is 24.1 Å². The Bertz CT molecular complexity index is 1160. The van der Waals surface area contributed by atoms with Gasteiger partial charge in [0.2, 0.25) is 17.0 Å². The van der Waals surface area contributed by atoms with E-state index in [-0.39, 0.29) is 11.7 Å². The summed E-state index contributed by atoms with van der Waals surface area (Å²) in [6.07, 6.45) is 4.62. The first kappa shape index (κ1) is 21.9. The highest BCUT2D eigenvalue weighted by molar-refractivity contribution is 7.99. The Kier molecular flexibility index (Phi) is 7.03. The highest BCUT2D eigenvalue weighted by Crippen LogP contribution is 2.38. The molecule has 32 heavy (non-hydrogen) atoms. The third kappa shape index (κ3) is 5.27. The standard InChI is InChI=1S/C21H21N7O2S2/c1-2-30-14-8-6-13(7-9-14)11-23-26-20-25-21(28-27-20)31-12-18(29)24-19-16(10-22)15-4-3-5-17(15)32-19/h6-9,11H,2-5,12H2,1H3,(H,24,29)(H2,25,26,27,28)/b23-11-. The molecule has 1 aromatic carbocycles. The molecule has 3 aromatic rings. The Hall–Kier alpha value is -3.36. The summed E-state index contributed by atoms with van der Waals surface area (Å²) in [5.41, 5.74) is 5.38. The van der Waals surface area contributed by atoms with Crippen molar-refractivity contribution in [1.29, 1.82) is 5.26 Å². The molecule has 0 fully saturated rings. The minimum Gasteiger partial charge on any atom is -0.494 e. The van der Waals surface area contributed by atoms with Crippen molar-refractivity contribution >= 4 is 46.2 Å². The first-order valence-electron chi connectivity index (χ1n) is 10.1. The van der Waals surface area contributed by atoms with E-state index in [1.54, 1.807) is 6.21 Å². The second-order valence-electron chi connectivity index (χ2n) is 6.85. The van der Waals surface area contributed by atoms with Crippen molar-refractivity contribution in [3.05, 3.63) is 45.8 Å². The molecule has 0 unspecified atom stereocenters. The molecule has 2 heterocycles. The maximum absolute atomic E-state index is 12.3. The van der Waals surface area contributed by atoms with E-state index < -0.39 is 0 Å². The van der Waals surface area contributed by atoms with Crippen molar-refractivity contribution in [1.82, 2.24) is 15.2 Å². The highest BCUT2D eigenvalue weighted by atomic mass is 32.2. The van der Waals surface area contributed by atoms with Gasteiger partial charge in [-0.15, -0.1) is 16.4 Å². The number of H-pyrrole nitrogens is 1. The van der Waals surface area contributed by atoms with E-state index in [0.29, 0.717) is 28.3 Å². The lowest BCUT2D eigenvalue weighted by Crippen LogP contribution is -2.14. The Labute approximate surface area is 193 Å². The van der Waals surface area contributed by atoms with Crippen LogP contribution in [0.4, 0.5) is 10.9 Å². The van der Waals surface area contributed by atoms with Crippen molar-refractivity contribution in [2.75, 3.05) is 23.1 Å². The summed E-state index contributed by atoms with van der Waals surface area (Å²) in [5, 5.41) is 24.3. The number of thiophene rings is 1. The second kappa shape index (κ2) is 10.3. The zero-order valence-corrected chi connectivity index (χ0v) is 19.0. The highest BCUT2D eigenvalue weighted by Gasteiger charge is 2.23. The average molecular weight is 468 g/mol. The maximum Gasteiger partial charge on any atom is 0.240 e. The number of nitrogens with zero attached hydrogens (tertiary/aromatic N) is 4. The first-order chi connectivity index (χ1) is 15.7. The number of aromatic nitrogens is 3. The third-order valence-corrected chi connectivity index (χ3v) is 6.71. The van der Waals surface area contributed by atoms with Gasteiger partial charge in [-0.05, 0) is 61.6 Å². The lowest BCUT2D eigenvalue weighted by atomic mass is 10.1. The maximum atomic E-state index is 12.3. The number of aryl methyl sites for hydroxylation is 1. The number of carbonyl (C=O) groups excluding carboxylic acids is 1. The SMILES string of the molecule is CCOc1ccc(/C=N\Nc2nc(SCC(=O)Nc3sc4c(c3C#N)CCC4)n[nH]2)cc1. The molecule has 1 aliphatic rings. The number of hydrogen-bond donors (Lipinski definition) is 3. The molecular weight excluding hydrogens is 446 g/mol. The summed E-state index contributed by atoms with van der Waals surface area (Å²) < 4.78 is 5.41. The van der Waals surface area contributed by atoms with Gasteiger partial charge in [-0.2, -0.15) is 15.3 Å². The summed E-state index contributed by atoms with van der Waals surface area (Å²) in [6, 6.07) is 9.78. The molecule has 0 saturated carbocycles. The molecule has 11 heteroatoms. The van der Waals surface area contributed by atoms with Crippen molar-refractivity contribution < 1.29 is 9.53 Å². The fraction of sp³-hybridized carbons (Fsp3) is 0.286. The number of rotatable bonds is 9. The zero-order chi connectivity index (χ0) is 22.3. The second-order valence-corrected chi connectivity index (χ2v) is 8.90. The summed E-state index contributed by atoms with van der Waals surface area (Å²) in [5.74, 6) is 1.13. The molecule has 0 aliphatic heterocycles. The third-order valence-electron chi connectivity index (χ3n) is 4.66. The predicted molar refractivity (Wildman–Crippen MR) is 126 cm³/mol. The molecule has 9 nitrogen and oxygen atoms in total. The molecule has 3 N–H and O–H groups in total. The number of aromatic amines is 1. The van der Waals surface area contributed by atoms with Crippen molar-refractivity contribution in [3.8, 4) is 11.8 Å². The Morgan fingerprint density at radius 3 is 3.03 bits per heavy atom. The van der Waals surface area contributed by atoms with Gasteiger partial charge in [-0.3, -0.25) is 4.79 Å². The van der Waals surface area contributed by atoms with Crippen LogP contribution in [0.2, 0.25) is 0 Å². The number of benzene rings is 1. The van der Waals surface area contributed by atoms with Gasteiger partial charge in [0, 0.05) is 4.88 Å². The fourth-order valence-corrected chi connectivity index (χ4v) is 5.10. The summed E-state index contributed by atoms with van der Waals surface area (Å²) in [4.78, 5) is 17.8. The Balaban J connectivity index is 1.25. The summed E-state index contributed by atoms with van der Waals surface area (Å²) >= 11 is 2.70. The van der Waals surface area contributed by atoms with Crippen LogP contribution in [-0.4, -0.2) is 39.7 Å². The van der Waals surface area contributed by atoms with Crippen LogP contribution in [0.15, 0.2) is 34.5 Å². The van der Waals surface area contributed by atoms with Gasteiger partial charge in [-0.25, -0.2) is 10.5 Å². The number of nitriles is 1. The molecule has 0 bridgehead atoms. The largest absolute Gasteiger partial charge is 0.494 e. The van der Waals surface area contributed by atoms with Gasteiger partial charge >= 0.3 is 0 Å². The minimum absolute atomic E-state index is 0.139. The van der Waals surface area contributed by atoms with E-state index in [1.807, 2.05) is 31.2 Å². The van der Waals surface area contributed by atoms with Crippen LogP contribution >= 0.6 is 23.1 Å². The molecule has 2 aromatic heterocycles. The van der Waals surface area contributed by atoms with Crippen LogP contribution in [0, 0.1) is 11.3 Å². The van der Waals surface area contributed by atoms with E-state index >= 15 is 0 Å². The fourth-order valence-electron chi connectivity index (χ4n) is 3.25. The molecule has 0 saturated heterocycles. The van der Waals surface area contributed by atoms with Gasteiger partial charge in [0.25, 0.3) is 0 Å². The van der Waals surface area contributed by atoms with Gasteiger partial charge in [0.15, 0.2) is 0 Å². The molecule has 0 radical (unpaired) electrons. The van der Waals surface area contributed by atoms with Gasteiger partial charge in [-0.1, -0.05) is 11.8 Å². The number of carbonyl (C=O) groups is 1. The van der Waals surface area contributed by atoms with E-state index in [1.165, 1.54) is 28.0 Å². The topological polar surface area (TPSA) is 128 Å². The lowest BCUT2D eigenvalue weighted by Gasteiger charge is -2.02. The minimum atomic E-state index is -0.195. The number of hydrazone groups is 1. The molecule has 0 spiro atoms. The van der Waals surface area contributed by atoms with Crippen LogP contribution in [0.5, 0.6) is 5.75 Å². The van der Waals surface area contributed by atoms with E-state index in [0.717, 1.165) is 36.1 Å². The van der Waals surface area contributed by atoms with E-state index in [4.69, 9.17) is 4.74 Å². The summed E-state index contributed by atoms with van der Waals surface area (Å²) in [6.45, 7) is 2.56. The van der Waals surface area contributed by atoms with Crippen molar-refractivity contribution in [2.45, 2.75) is 31.3 Å². The number of nitrogens with one attached hydrogen (secondary N) is 3. The average Bonchev–Trinajstić information content (AvgIpc) is 3.50. The number of fused-ring (bicyclic) bond motifs is 1. The Morgan fingerprint density at radius 2 is 2.25 bits per heavy atom. The van der Waals surface area contributed by atoms with Crippen molar-refractivity contribution in [3.63, 3.8) is 0 Å². The zero-order valence-electron chi connectivity index (χ0n) is 17.3. The molecule has 0 atom stereocenters. The smallest absolute Gasteiger partial charge is 0.240 e. The normalized spacial score (nSPS) is 12.5. The number of hydrogen-bond acceptors (Lipinski definition) is 9. The molecule has 1 aliphatic carbocycles. The lowest BCUT2D eigenvalue weighted by molar-refractivity contribution is -0.113. The van der Waals surface area contributed by atoms with Crippen LogP contribution in [-0.2, 0) is 17.6 Å². The van der Waals surface area contributed by atoms with Gasteiger partial charge < -0.3 is 10.1 Å². The molecule has 1 amide bonds. The van der Waals surface area contributed by atoms with Crippen molar-refractivity contribution in [2.24, 2.45) is 5.10 Å². The van der Waals surface area contributed by atoms with Crippen LogP contribution in [0.25, 0.3) is 0 Å².